The Morgan fingerprint density at radius 2 is 0.812 bits per heavy atom. The van der Waals surface area contributed by atoms with Crippen LogP contribution in [0.4, 0.5) is 0 Å². The molecule has 0 aromatic rings. The first-order valence-corrected chi connectivity index (χ1v) is 30.4. The van der Waals surface area contributed by atoms with Crippen LogP contribution >= 0.6 is 0 Å². The van der Waals surface area contributed by atoms with E-state index in [1.165, 1.54) is 244 Å². The lowest BCUT2D eigenvalue weighted by atomic mass is 9.99. The summed E-state index contributed by atoms with van der Waals surface area (Å²) in [4.78, 5) is 13.1. The number of hydrogen-bond donors (Lipinski definition) is 6. The standard InChI is InChI=1S/C60H117NO8/c1-3-5-7-9-11-13-15-17-19-21-23-25-27-28-30-32-34-36-38-40-42-44-46-48-50-56(64)61-53(52-68-60-59(67)58(66)57(65)55(51-62)69-60)54(63)49-47-45-43-41-39-37-35-33-31-29-26-24-22-20-18-16-14-12-10-8-6-4-2/h28,30,53-55,57-60,62-63,65-67H,3-27,29,31-52H2,1-2H3,(H,61,64)/b30-28-. The van der Waals surface area contributed by atoms with E-state index in [9.17, 15) is 30.3 Å². The Balaban J connectivity index is 2.18. The van der Waals surface area contributed by atoms with E-state index in [2.05, 4.69) is 31.3 Å². The highest BCUT2D eigenvalue weighted by molar-refractivity contribution is 5.76. The molecule has 0 aliphatic carbocycles. The third-order valence-corrected chi connectivity index (χ3v) is 14.9. The molecule has 1 amide bonds. The summed E-state index contributed by atoms with van der Waals surface area (Å²) in [7, 11) is 0. The topological polar surface area (TPSA) is 149 Å². The van der Waals surface area contributed by atoms with Gasteiger partial charge in [-0.1, -0.05) is 276 Å². The van der Waals surface area contributed by atoms with Crippen LogP contribution in [0.5, 0.6) is 0 Å². The molecule has 7 unspecified atom stereocenters. The van der Waals surface area contributed by atoms with Gasteiger partial charge in [0.05, 0.1) is 25.4 Å². The van der Waals surface area contributed by atoms with Gasteiger partial charge in [0, 0.05) is 6.42 Å². The minimum absolute atomic E-state index is 0.135. The molecule has 0 radical (unpaired) electrons. The minimum Gasteiger partial charge on any atom is -0.394 e. The molecule has 1 rings (SSSR count). The number of amides is 1. The summed E-state index contributed by atoms with van der Waals surface area (Å²) in [5.74, 6) is -0.141. The number of allylic oxidation sites excluding steroid dienone is 2. The highest BCUT2D eigenvalue weighted by Crippen LogP contribution is 2.23. The zero-order chi connectivity index (χ0) is 50.1. The van der Waals surface area contributed by atoms with Crippen molar-refractivity contribution in [3.63, 3.8) is 0 Å². The third-order valence-electron chi connectivity index (χ3n) is 14.9. The van der Waals surface area contributed by atoms with Crippen LogP contribution in [0.15, 0.2) is 12.2 Å². The number of rotatable bonds is 53. The van der Waals surface area contributed by atoms with Crippen molar-refractivity contribution >= 4 is 5.91 Å². The number of carbonyl (C=O) groups excluding carboxylic acids is 1. The van der Waals surface area contributed by atoms with Gasteiger partial charge in [-0.2, -0.15) is 0 Å². The smallest absolute Gasteiger partial charge is 0.220 e. The summed E-state index contributed by atoms with van der Waals surface area (Å²) in [6, 6.07) is -0.719. The fourth-order valence-corrected chi connectivity index (χ4v) is 10.0. The average Bonchev–Trinajstić information content (AvgIpc) is 3.35. The van der Waals surface area contributed by atoms with Crippen molar-refractivity contribution in [3.05, 3.63) is 12.2 Å². The molecule has 9 nitrogen and oxygen atoms in total. The quantitative estimate of drug-likeness (QED) is 0.0261. The van der Waals surface area contributed by atoms with Gasteiger partial charge >= 0.3 is 0 Å². The van der Waals surface area contributed by atoms with Crippen molar-refractivity contribution in [3.8, 4) is 0 Å². The summed E-state index contributed by atoms with van der Waals surface area (Å²) in [6.07, 6.45) is 55.3. The highest BCUT2D eigenvalue weighted by atomic mass is 16.7. The summed E-state index contributed by atoms with van der Waals surface area (Å²) in [5.41, 5.74) is 0. The van der Waals surface area contributed by atoms with Gasteiger partial charge in [-0.05, 0) is 38.5 Å². The highest BCUT2D eigenvalue weighted by Gasteiger charge is 2.44. The number of ether oxygens (including phenoxy) is 2. The van der Waals surface area contributed by atoms with Crippen molar-refractivity contribution in [1.29, 1.82) is 0 Å². The first-order valence-electron chi connectivity index (χ1n) is 30.4. The van der Waals surface area contributed by atoms with Crippen LogP contribution in [-0.4, -0.2) is 87.5 Å². The zero-order valence-corrected chi connectivity index (χ0v) is 45.6. The van der Waals surface area contributed by atoms with Crippen molar-refractivity contribution < 1.29 is 39.8 Å². The van der Waals surface area contributed by atoms with Crippen LogP contribution in [0.1, 0.15) is 309 Å². The maximum Gasteiger partial charge on any atom is 0.220 e. The first kappa shape index (κ1) is 65.9. The van der Waals surface area contributed by atoms with Gasteiger partial charge < -0.3 is 40.3 Å². The summed E-state index contributed by atoms with van der Waals surface area (Å²) in [6.45, 7) is 3.88. The predicted octanol–water partition coefficient (Wildman–Crippen LogP) is 15.2. The van der Waals surface area contributed by atoms with Crippen molar-refractivity contribution in [1.82, 2.24) is 5.32 Å². The van der Waals surface area contributed by atoms with E-state index in [1.807, 2.05) is 0 Å². The largest absolute Gasteiger partial charge is 0.394 e. The molecule has 1 heterocycles. The normalized spacial score (nSPS) is 19.4. The van der Waals surface area contributed by atoms with Gasteiger partial charge in [-0.3, -0.25) is 4.79 Å². The van der Waals surface area contributed by atoms with Gasteiger partial charge in [-0.15, -0.1) is 0 Å². The Kier molecular flexibility index (Phi) is 48.2. The molecule has 0 bridgehead atoms. The van der Waals surface area contributed by atoms with Crippen LogP contribution in [0.2, 0.25) is 0 Å². The molecule has 69 heavy (non-hydrogen) atoms. The Morgan fingerprint density at radius 1 is 0.478 bits per heavy atom. The van der Waals surface area contributed by atoms with E-state index in [-0.39, 0.29) is 12.5 Å². The monoisotopic (exact) mass is 980 g/mol. The molecule has 410 valence electrons. The Morgan fingerprint density at radius 3 is 1.17 bits per heavy atom. The number of aliphatic hydroxyl groups excluding tert-OH is 5. The number of unbranched alkanes of at least 4 members (excludes halogenated alkanes) is 41. The molecule has 7 atom stereocenters. The Labute approximate surface area is 426 Å². The van der Waals surface area contributed by atoms with Crippen molar-refractivity contribution in [2.45, 2.75) is 352 Å². The lowest BCUT2D eigenvalue weighted by Gasteiger charge is -2.40. The average molecular weight is 981 g/mol. The van der Waals surface area contributed by atoms with Crippen LogP contribution < -0.4 is 5.32 Å². The molecular weight excluding hydrogens is 863 g/mol. The van der Waals surface area contributed by atoms with Gasteiger partial charge in [0.2, 0.25) is 5.91 Å². The van der Waals surface area contributed by atoms with Crippen LogP contribution in [-0.2, 0) is 14.3 Å². The molecule has 1 fully saturated rings. The lowest BCUT2D eigenvalue weighted by Crippen LogP contribution is -2.60. The number of nitrogens with one attached hydrogen (secondary N) is 1. The Bertz CT molecular complexity index is 1090. The SMILES string of the molecule is CCCCCCCCCCCCCC/C=C\CCCCCCCCCCC(=O)NC(COC1OC(CO)C(O)C(O)C1O)C(O)CCCCCCCCCCCCCCCCCCCCCCCC. The van der Waals surface area contributed by atoms with Gasteiger partial charge in [0.15, 0.2) is 6.29 Å². The van der Waals surface area contributed by atoms with Gasteiger partial charge in [0.25, 0.3) is 0 Å². The van der Waals surface area contributed by atoms with E-state index >= 15 is 0 Å². The summed E-state index contributed by atoms with van der Waals surface area (Å²) in [5, 5.41) is 54.8. The summed E-state index contributed by atoms with van der Waals surface area (Å²) < 4.78 is 11.3. The third kappa shape index (κ3) is 40.1. The van der Waals surface area contributed by atoms with Crippen molar-refractivity contribution in [2.24, 2.45) is 0 Å². The zero-order valence-electron chi connectivity index (χ0n) is 45.6. The first-order chi connectivity index (χ1) is 33.8. The molecule has 9 heteroatoms. The van der Waals surface area contributed by atoms with Crippen LogP contribution in [0.3, 0.4) is 0 Å². The Hall–Kier alpha value is -1.07. The van der Waals surface area contributed by atoms with E-state index in [0.29, 0.717) is 12.8 Å². The van der Waals surface area contributed by atoms with E-state index in [0.717, 1.165) is 38.5 Å². The molecule has 0 aromatic carbocycles. The van der Waals surface area contributed by atoms with E-state index in [4.69, 9.17) is 9.47 Å². The molecule has 6 N–H and O–H groups in total. The van der Waals surface area contributed by atoms with Gasteiger partial charge in [0.1, 0.15) is 24.4 Å². The van der Waals surface area contributed by atoms with E-state index in [1.54, 1.807) is 0 Å². The molecule has 1 aliphatic heterocycles. The van der Waals surface area contributed by atoms with E-state index < -0.39 is 49.5 Å². The molecule has 0 aromatic heterocycles. The maximum atomic E-state index is 13.1. The molecular formula is C60H117NO8. The second-order valence-corrected chi connectivity index (χ2v) is 21.5. The van der Waals surface area contributed by atoms with Crippen LogP contribution in [0.25, 0.3) is 0 Å². The summed E-state index contributed by atoms with van der Waals surface area (Å²) >= 11 is 0. The molecule has 0 saturated carbocycles. The second-order valence-electron chi connectivity index (χ2n) is 21.5. The van der Waals surface area contributed by atoms with Crippen molar-refractivity contribution in [2.75, 3.05) is 13.2 Å². The minimum atomic E-state index is -1.55. The fourth-order valence-electron chi connectivity index (χ4n) is 10.0. The molecule has 1 aliphatic rings. The van der Waals surface area contributed by atoms with Crippen LogP contribution in [0, 0.1) is 0 Å². The number of carbonyl (C=O) groups is 1. The predicted molar refractivity (Wildman–Crippen MR) is 291 cm³/mol. The molecule has 0 spiro atoms. The van der Waals surface area contributed by atoms with Gasteiger partial charge in [-0.25, -0.2) is 0 Å². The lowest BCUT2D eigenvalue weighted by molar-refractivity contribution is -0.302. The second kappa shape index (κ2) is 50.5. The molecule has 1 saturated heterocycles. The maximum absolute atomic E-state index is 13.1. The number of aliphatic hydroxyl groups is 5. The fraction of sp³-hybridized carbons (Fsp3) is 0.950. The number of hydrogen-bond acceptors (Lipinski definition) is 8.